The fourth-order valence-corrected chi connectivity index (χ4v) is 2.50. The number of anilines is 1. The van der Waals surface area contributed by atoms with Crippen molar-refractivity contribution in [3.05, 3.63) is 29.8 Å². The molecule has 0 saturated carbocycles. The van der Waals surface area contributed by atoms with Gasteiger partial charge in [-0.25, -0.2) is 0 Å². The zero-order valence-corrected chi connectivity index (χ0v) is 10.8. The van der Waals surface area contributed by atoms with Crippen molar-refractivity contribution >= 4 is 5.69 Å². The molecule has 1 aliphatic rings. The molecule has 1 unspecified atom stereocenters. The van der Waals surface area contributed by atoms with Gasteiger partial charge in [0.25, 0.3) is 0 Å². The highest BCUT2D eigenvalue weighted by Crippen LogP contribution is 2.34. The van der Waals surface area contributed by atoms with Crippen LogP contribution in [0, 0.1) is 28.6 Å². The number of nitriles is 2. The molecule has 0 N–H and O–H groups in total. The standard InChI is InChI=1S/C15H17N3/c1-15(2)8-7-13(10-17)11-18(15)14-5-3-12(9-16)4-6-14/h3-6,13H,7-8,11H2,1-2H3. The van der Waals surface area contributed by atoms with Crippen LogP contribution in [-0.2, 0) is 0 Å². The highest BCUT2D eigenvalue weighted by molar-refractivity contribution is 5.52. The van der Waals surface area contributed by atoms with Crippen LogP contribution >= 0.6 is 0 Å². The summed E-state index contributed by atoms with van der Waals surface area (Å²) in [5, 5.41) is 17.9. The number of benzene rings is 1. The van der Waals surface area contributed by atoms with Gasteiger partial charge < -0.3 is 4.90 Å². The summed E-state index contributed by atoms with van der Waals surface area (Å²) < 4.78 is 0. The van der Waals surface area contributed by atoms with Crippen LogP contribution in [0.15, 0.2) is 24.3 Å². The Morgan fingerprint density at radius 1 is 1.22 bits per heavy atom. The zero-order chi connectivity index (χ0) is 13.2. The predicted octanol–water partition coefficient (Wildman–Crippen LogP) is 3.08. The van der Waals surface area contributed by atoms with Gasteiger partial charge in [-0.15, -0.1) is 0 Å². The Bertz CT molecular complexity index is 502. The summed E-state index contributed by atoms with van der Waals surface area (Å²) in [7, 11) is 0. The first-order chi connectivity index (χ1) is 8.56. The maximum atomic E-state index is 9.09. The predicted molar refractivity (Wildman–Crippen MR) is 70.9 cm³/mol. The average molecular weight is 239 g/mol. The minimum absolute atomic E-state index is 0.0709. The molecular formula is C15H17N3. The van der Waals surface area contributed by atoms with Gasteiger partial charge in [0.1, 0.15) is 0 Å². The minimum atomic E-state index is 0.0709. The van der Waals surface area contributed by atoms with Crippen LogP contribution in [-0.4, -0.2) is 12.1 Å². The lowest BCUT2D eigenvalue weighted by Gasteiger charge is -2.45. The Labute approximate surface area is 108 Å². The van der Waals surface area contributed by atoms with Gasteiger partial charge in [0.15, 0.2) is 0 Å². The first kappa shape index (κ1) is 12.5. The van der Waals surface area contributed by atoms with Gasteiger partial charge in [0.05, 0.1) is 23.6 Å². The molecule has 1 aromatic rings. The SMILES string of the molecule is CC1(C)CCC(C#N)CN1c1ccc(C#N)cc1. The molecule has 0 aliphatic carbocycles. The van der Waals surface area contributed by atoms with E-state index in [9.17, 15) is 0 Å². The number of hydrogen-bond acceptors (Lipinski definition) is 3. The van der Waals surface area contributed by atoms with Crippen molar-refractivity contribution in [3.8, 4) is 12.1 Å². The monoisotopic (exact) mass is 239 g/mol. The first-order valence-electron chi connectivity index (χ1n) is 6.24. The van der Waals surface area contributed by atoms with Gasteiger partial charge in [-0.2, -0.15) is 10.5 Å². The summed E-state index contributed by atoms with van der Waals surface area (Å²) >= 11 is 0. The largest absolute Gasteiger partial charge is 0.365 e. The molecule has 1 saturated heterocycles. The Kier molecular flexibility index (Phi) is 3.26. The Balaban J connectivity index is 2.28. The van der Waals surface area contributed by atoms with Crippen LogP contribution in [0.25, 0.3) is 0 Å². The van der Waals surface area contributed by atoms with Crippen molar-refractivity contribution in [2.24, 2.45) is 5.92 Å². The molecule has 2 rings (SSSR count). The third kappa shape index (κ3) is 2.31. The molecule has 0 aromatic heterocycles. The van der Waals surface area contributed by atoms with Crippen LogP contribution in [0.3, 0.4) is 0 Å². The topological polar surface area (TPSA) is 50.8 Å². The summed E-state index contributed by atoms with van der Waals surface area (Å²) in [6, 6.07) is 12.1. The van der Waals surface area contributed by atoms with E-state index >= 15 is 0 Å². The van der Waals surface area contributed by atoms with Crippen LogP contribution in [0.2, 0.25) is 0 Å². The second-order valence-corrected chi connectivity index (χ2v) is 5.45. The zero-order valence-electron chi connectivity index (χ0n) is 10.8. The van der Waals surface area contributed by atoms with E-state index in [-0.39, 0.29) is 11.5 Å². The Hall–Kier alpha value is -2.00. The summed E-state index contributed by atoms with van der Waals surface area (Å²) in [5.41, 5.74) is 1.84. The second-order valence-electron chi connectivity index (χ2n) is 5.45. The summed E-state index contributed by atoms with van der Waals surface area (Å²) in [4.78, 5) is 2.28. The molecule has 1 atom stereocenters. The van der Waals surface area contributed by atoms with Gasteiger partial charge in [-0.05, 0) is 51.0 Å². The smallest absolute Gasteiger partial charge is 0.0991 e. The molecule has 1 aliphatic heterocycles. The van der Waals surface area contributed by atoms with Gasteiger partial charge in [-0.3, -0.25) is 0 Å². The Morgan fingerprint density at radius 3 is 2.44 bits per heavy atom. The molecule has 1 aromatic carbocycles. The number of rotatable bonds is 1. The third-order valence-corrected chi connectivity index (χ3v) is 3.73. The van der Waals surface area contributed by atoms with Crippen LogP contribution < -0.4 is 4.90 Å². The molecular weight excluding hydrogens is 222 g/mol. The fraction of sp³-hybridized carbons (Fsp3) is 0.467. The molecule has 1 heterocycles. The highest BCUT2D eigenvalue weighted by Gasteiger charge is 2.34. The molecule has 1 fully saturated rings. The molecule has 0 spiro atoms. The van der Waals surface area contributed by atoms with E-state index in [1.165, 1.54) is 0 Å². The van der Waals surface area contributed by atoms with Crippen molar-refractivity contribution in [1.82, 2.24) is 0 Å². The maximum Gasteiger partial charge on any atom is 0.0991 e. The maximum absolute atomic E-state index is 9.09. The van der Waals surface area contributed by atoms with Crippen LogP contribution in [0.1, 0.15) is 32.3 Å². The van der Waals surface area contributed by atoms with Crippen LogP contribution in [0.5, 0.6) is 0 Å². The van der Waals surface area contributed by atoms with E-state index in [2.05, 4.69) is 30.9 Å². The molecule has 0 radical (unpaired) electrons. The number of hydrogen-bond donors (Lipinski definition) is 0. The molecule has 0 bridgehead atoms. The normalized spacial score (nSPS) is 22.0. The van der Waals surface area contributed by atoms with E-state index in [0.717, 1.165) is 25.1 Å². The van der Waals surface area contributed by atoms with E-state index in [1.54, 1.807) is 0 Å². The lowest BCUT2D eigenvalue weighted by atomic mass is 9.85. The van der Waals surface area contributed by atoms with Crippen molar-refractivity contribution in [3.63, 3.8) is 0 Å². The van der Waals surface area contributed by atoms with Crippen molar-refractivity contribution in [1.29, 1.82) is 10.5 Å². The lowest BCUT2D eigenvalue weighted by molar-refractivity contribution is 0.325. The summed E-state index contributed by atoms with van der Waals surface area (Å²) in [6.45, 7) is 5.19. The quantitative estimate of drug-likeness (QED) is 0.756. The lowest BCUT2D eigenvalue weighted by Crippen LogP contribution is -2.50. The average Bonchev–Trinajstić information content (AvgIpc) is 2.39. The van der Waals surface area contributed by atoms with Gasteiger partial charge >= 0.3 is 0 Å². The van der Waals surface area contributed by atoms with Gasteiger partial charge in [-0.1, -0.05) is 0 Å². The van der Waals surface area contributed by atoms with E-state index in [0.29, 0.717) is 5.56 Å². The van der Waals surface area contributed by atoms with Crippen molar-refractivity contribution in [2.45, 2.75) is 32.2 Å². The van der Waals surface area contributed by atoms with E-state index in [4.69, 9.17) is 10.5 Å². The first-order valence-corrected chi connectivity index (χ1v) is 6.24. The van der Waals surface area contributed by atoms with E-state index in [1.807, 2.05) is 24.3 Å². The number of piperidine rings is 1. The molecule has 3 nitrogen and oxygen atoms in total. The molecule has 3 heteroatoms. The second kappa shape index (κ2) is 4.70. The molecule has 0 amide bonds. The number of nitrogens with zero attached hydrogens (tertiary/aromatic N) is 3. The third-order valence-electron chi connectivity index (χ3n) is 3.73. The minimum Gasteiger partial charge on any atom is -0.365 e. The fourth-order valence-electron chi connectivity index (χ4n) is 2.50. The van der Waals surface area contributed by atoms with Gasteiger partial charge in [0.2, 0.25) is 0 Å². The van der Waals surface area contributed by atoms with Crippen LogP contribution in [0.4, 0.5) is 5.69 Å². The highest BCUT2D eigenvalue weighted by atomic mass is 15.2. The molecule has 92 valence electrons. The summed E-state index contributed by atoms with van der Waals surface area (Å²) in [5.74, 6) is 0.105. The van der Waals surface area contributed by atoms with E-state index < -0.39 is 0 Å². The summed E-state index contributed by atoms with van der Waals surface area (Å²) in [6.07, 6.45) is 1.99. The van der Waals surface area contributed by atoms with Crippen molar-refractivity contribution in [2.75, 3.05) is 11.4 Å². The Morgan fingerprint density at radius 2 is 1.89 bits per heavy atom. The molecule has 18 heavy (non-hydrogen) atoms. The van der Waals surface area contributed by atoms with Crippen molar-refractivity contribution < 1.29 is 0 Å². The van der Waals surface area contributed by atoms with Gasteiger partial charge in [0, 0.05) is 17.8 Å².